The van der Waals surface area contributed by atoms with E-state index in [0.717, 1.165) is 10.7 Å². The van der Waals surface area contributed by atoms with Gasteiger partial charge >= 0.3 is 0 Å². The highest BCUT2D eigenvalue weighted by Gasteiger charge is 2.03. The van der Waals surface area contributed by atoms with E-state index < -0.39 is 0 Å². The van der Waals surface area contributed by atoms with Gasteiger partial charge in [-0.15, -0.1) is 11.3 Å². The first-order valence-corrected chi connectivity index (χ1v) is 5.22. The van der Waals surface area contributed by atoms with Gasteiger partial charge in [0.05, 0.1) is 17.2 Å². The number of hydrogen-bond acceptors (Lipinski definition) is 3. The molecule has 2 N–H and O–H groups in total. The van der Waals surface area contributed by atoms with Crippen molar-refractivity contribution in [2.24, 2.45) is 10.7 Å². The highest BCUT2D eigenvalue weighted by atomic mass is 32.1. The molecule has 0 aliphatic carbocycles. The summed E-state index contributed by atoms with van der Waals surface area (Å²) < 4.78 is 0. The van der Waals surface area contributed by atoms with Crippen LogP contribution in [0.3, 0.4) is 0 Å². The largest absolute Gasteiger partial charge is 0.370 e. The molecular weight excluding hydrogens is 196 g/mol. The van der Waals surface area contributed by atoms with Crippen LogP contribution in [0.4, 0.5) is 0 Å². The Labute approximate surface area is 88.5 Å². The summed E-state index contributed by atoms with van der Waals surface area (Å²) in [6.07, 6.45) is 0. The zero-order valence-corrected chi connectivity index (χ0v) is 9.85. The molecule has 14 heavy (non-hydrogen) atoms. The summed E-state index contributed by atoms with van der Waals surface area (Å²) in [6, 6.07) is 0. The van der Waals surface area contributed by atoms with Gasteiger partial charge in [0, 0.05) is 19.0 Å². The lowest BCUT2D eigenvalue weighted by atomic mass is 10.4. The van der Waals surface area contributed by atoms with Gasteiger partial charge in [0.1, 0.15) is 0 Å². The second-order valence-electron chi connectivity index (χ2n) is 3.31. The van der Waals surface area contributed by atoms with Crippen LogP contribution in [0.15, 0.2) is 4.99 Å². The van der Waals surface area contributed by atoms with Crippen LogP contribution in [0.1, 0.15) is 15.6 Å². The summed E-state index contributed by atoms with van der Waals surface area (Å²) in [5, 5.41) is 1.08. The summed E-state index contributed by atoms with van der Waals surface area (Å²) in [7, 11) is 3.76. The zero-order valence-electron chi connectivity index (χ0n) is 9.03. The molecule has 0 amide bonds. The highest BCUT2D eigenvalue weighted by molar-refractivity contribution is 7.11. The predicted molar refractivity (Wildman–Crippen MR) is 60.6 cm³/mol. The molecule has 0 unspecified atom stereocenters. The van der Waals surface area contributed by atoms with Crippen LogP contribution in [-0.4, -0.2) is 29.9 Å². The van der Waals surface area contributed by atoms with E-state index in [0.29, 0.717) is 12.5 Å². The number of hydrogen-bond donors (Lipinski definition) is 1. The third kappa shape index (κ3) is 2.70. The molecule has 0 atom stereocenters. The van der Waals surface area contributed by atoms with Crippen molar-refractivity contribution in [1.82, 2.24) is 9.88 Å². The number of nitrogens with zero attached hydrogens (tertiary/aromatic N) is 3. The molecule has 5 heteroatoms. The van der Waals surface area contributed by atoms with Gasteiger partial charge in [-0.2, -0.15) is 0 Å². The molecule has 0 aliphatic heterocycles. The van der Waals surface area contributed by atoms with Gasteiger partial charge < -0.3 is 10.6 Å². The molecular formula is C9H16N4S. The van der Waals surface area contributed by atoms with Gasteiger partial charge in [-0.3, -0.25) is 0 Å². The third-order valence-corrected chi connectivity index (χ3v) is 2.90. The minimum atomic E-state index is 0.551. The molecule has 1 rings (SSSR count). The van der Waals surface area contributed by atoms with Crippen molar-refractivity contribution in [1.29, 1.82) is 0 Å². The molecule has 1 aromatic rings. The Hall–Kier alpha value is -1.10. The maximum atomic E-state index is 5.68. The topological polar surface area (TPSA) is 54.5 Å². The van der Waals surface area contributed by atoms with Crippen LogP contribution in [0.25, 0.3) is 0 Å². The summed E-state index contributed by atoms with van der Waals surface area (Å²) >= 11 is 1.68. The minimum Gasteiger partial charge on any atom is -0.370 e. The molecule has 1 aromatic heterocycles. The maximum Gasteiger partial charge on any atom is 0.191 e. The van der Waals surface area contributed by atoms with Crippen molar-refractivity contribution in [2.45, 2.75) is 20.4 Å². The van der Waals surface area contributed by atoms with E-state index in [1.54, 1.807) is 16.2 Å². The van der Waals surface area contributed by atoms with Crippen molar-refractivity contribution in [3.05, 3.63) is 15.6 Å². The number of guanidine groups is 1. The van der Waals surface area contributed by atoms with Crippen LogP contribution in [0, 0.1) is 13.8 Å². The summed E-state index contributed by atoms with van der Waals surface area (Å²) in [6.45, 7) is 4.63. The number of aromatic nitrogens is 1. The normalized spacial score (nSPS) is 11.9. The Morgan fingerprint density at radius 2 is 2.14 bits per heavy atom. The average Bonchev–Trinajstić information content (AvgIpc) is 2.40. The number of aliphatic imine (C=N–C) groups is 1. The lowest BCUT2D eigenvalue weighted by Gasteiger charge is -2.09. The fourth-order valence-corrected chi connectivity index (χ4v) is 1.88. The summed E-state index contributed by atoms with van der Waals surface area (Å²) in [4.78, 5) is 11.6. The quantitative estimate of drug-likeness (QED) is 0.591. The summed E-state index contributed by atoms with van der Waals surface area (Å²) in [5.41, 5.74) is 6.74. The van der Waals surface area contributed by atoms with E-state index in [1.165, 1.54) is 4.88 Å². The summed E-state index contributed by atoms with van der Waals surface area (Å²) in [5.74, 6) is 0.551. The lowest BCUT2D eigenvalue weighted by Crippen LogP contribution is -2.30. The van der Waals surface area contributed by atoms with E-state index in [4.69, 9.17) is 5.73 Å². The Bertz CT molecular complexity index is 341. The minimum absolute atomic E-state index is 0.551. The zero-order chi connectivity index (χ0) is 10.7. The third-order valence-electron chi connectivity index (χ3n) is 1.84. The van der Waals surface area contributed by atoms with Gasteiger partial charge in [-0.1, -0.05) is 0 Å². The number of thiazole rings is 1. The van der Waals surface area contributed by atoms with Crippen molar-refractivity contribution >= 4 is 17.3 Å². The van der Waals surface area contributed by atoms with E-state index in [9.17, 15) is 0 Å². The lowest BCUT2D eigenvalue weighted by molar-refractivity contribution is 0.609. The molecule has 1 heterocycles. The van der Waals surface area contributed by atoms with Crippen LogP contribution >= 0.6 is 11.3 Å². The first kappa shape index (κ1) is 11.0. The standard InChI is InChI=1S/C9H16N4S/c1-6-8(14-7(2)12-6)5-11-9(10)13(3)4/h5H2,1-4H3,(H2,10,11). The van der Waals surface area contributed by atoms with Crippen molar-refractivity contribution in [3.8, 4) is 0 Å². The highest BCUT2D eigenvalue weighted by Crippen LogP contribution is 2.17. The molecule has 0 radical (unpaired) electrons. The first-order valence-electron chi connectivity index (χ1n) is 4.41. The van der Waals surface area contributed by atoms with Gasteiger partial charge in [-0.25, -0.2) is 9.98 Å². The smallest absolute Gasteiger partial charge is 0.191 e. The van der Waals surface area contributed by atoms with Crippen LogP contribution < -0.4 is 5.73 Å². The maximum absolute atomic E-state index is 5.68. The second-order valence-corrected chi connectivity index (χ2v) is 4.60. The SMILES string of the molecule is Cc1nc(C)c(CN=C(N)N(C)C)s1. The fourth-order valence-electron chi connectivity index (χ4n) is 1.01. The van der Waals surface area contributed by atoms with Crippen LogP contribution in [-0.2, 0) is 6.54 Å². The molecule has 0 spiro atoms. The van der Waals surface area contributed by atoms with E-state index in [2.05, 4.69) is 9.98 Å². The van der Waals surface area contributed by atoms with Gasteiger partial charge in [-0.05, 0) is 13.8 Å². The Kier molecular flexibility index (Phi) is 3.46. The van der Waals surface area contributed by atoms with E-state index >= 15 is 0 Å². The molecule has 0 bridgehead atoms. The van der Waals surface area contributed by atoms with E-state index in [1.807, 2.05) is 27.9 Å². The number of nitrogens with two attached hydrogens (primary N) is 1. The van der Waals surface area contributed by atoms with Gasteiger partial charge in [0.25, 0.3) is 0 Å². The first-order chi connectivity index (χ1) is 6.50. The van der Waals surface area contributed by atoms with Gasteiger partial charge in [0.15, 0.2) is 5.96 Å². The fraction of sp³-hybridized carbons (Fsp3) is 0.556. The number of aryl methyl sites for hydroxylation is 2. The second kappa shape index (κ2) is 4.41. The van der Waals surface area contributed by atoms with Crippen molar-refractivity contribution in [3.63, 3.8) is 0 Å². The molecule has 0 aromatic carbocycles. The van der Waals surface area contributed by atoms with Crippen molar-refractivity contribution in [2.75, 3.05) is 14.1 Å². The Morgan fingerprint density at radius 3 is 2.57 bits per heavy atom. The van der Waals surface area contributed by atoms with E-state index in [-0.39, 0.29) is 0 Å². The Morgan fingerprint density at radius 1 is 1.50 bits per heavy atom. The Balaban J connectivity index is 2.70. The van der Waals surface area contributed by atoms with Crippen molar-refractivity contribution < 1.29 is 0 Å². The molecule has 0 aliphatic rings. The molecule has 78 valence electrons. The monoisotopic (exact) mass is 212 g/mol. The van der Waals surface area contributed by atoms with Crippen LogP contribution in [0.2, 0.25) is 0 Å². The molecule has 0 fully saturated rings. The van der Waals surface area contributed by atoms with Crippen LogP contribution in [0.5, 0.6) is 0 Å². The number of rotatable bonds is 2. The molecule has 4 nitrogen and oxygen atoms in total. The van der Waals surface area contributed by atoms with Gasteiger partial charge in [0.2, 0.25) is 0 Å². The average molecular weight is 212 g/mol. The molecule has 0 saturated heterocycles. The predicted octanol–water partition coefficient (Wildman–Crippen LogP) is 1.14. The molecule has 0 saturated carbocycles.